The molecular weight excluding hydrogens is 312 g/mol. The van der Waals surface area contributed by atoms with Crippen molar-refractivity contribution in [3.05, 3.63) is 47.2 Å². The number of benzene rings is 1. The van der Waals surface area contributed by atoms with Crippen molar-refractivity contribution in [2.24, 2.45) is 0 Å². The third kappa shape index (κ3) is 4.12. The lowest BCUT2D eigenvalue weighted by atomic mass is 10.1. The summed E-state index contributed by atoms with van der Waals surface area (Å²) in [6.07, 6.45) is 4.83. The van der Waals surface area contributed by atoms with Crippen LogP contribution in [0.4, 0.5) is 0 Å². The van der Waals surface area contributed by atoms with Crippen molar-refractivity contribution in [3.63, 3.8) is 0 Å². The molecule has 1 fully saturated rings. The van der Waals surface area contributed by atoms with Crippen LogP contribution in [0.15, 0.2) is 36.7 Å². The largest absolute Gasteiger partial charge is 0.396 e. The molecule has 124 valence electrons. The third-order valence-corrected chi connectivity index (χ3v) is 4.71. The summed E-state index contributed by atoms with van der Waals surface area (Å²) in [4.78, 5) is 4.77. The van der Waals surface area contributed by atoms with Crippen LogP contribution in [-0.2, 0) is 6.54 Å². The maximum atomic E-state index is 9.19. The van der Waals surface area contributed by atoms with E-state index in [1.807, 2.05) is 35.1 Å². The summed E-state index contributed by atoms with van der Waals surface area (Å²) in [5.41, 5.74) is 2.21. The van der Waals surface area contributed by atoms with Gasteiger partial charge in [-0.2, -0.15) is 5.10 Å². The molecule has 1 aliphatic heterocycles. The average molecular weight is 335 g/mol. The van der Waals surface area contributed by atoms with E-state index >= 15 is 0 Å². The van der Waals surface area contributed by atoms with E-state index in [1.165, 1.54) is 5.56 Å². The van der Waals surface area contributed by atoms with Gasteiger partial charge in [0.2, 0.25) is 0 Å². The van der Waals surface area contributed by atoms with E-state index in [0.29, 0.717) is 6.04 Å². The molecule has 2 aromatic rings. The van der Waals surface area contributed by atoms with Gasteiger partial charge in [-0.3, -0.25) is 4.90 Å². The van der Waals surface area contributed by atoms with Crippen LogP contribution in [0.25, 0.3) is 5.69 Å². The molecule has 23 heavy (non-hydrogen) atoms. The summed E-state index contributed by atoms with van der Waals surface area (Å²) in [7, 11) is 2.14. The first-order valence-electron chi connectivity index (χ1n) is 7.98. The molecule has 1 aromatic heterocycles. The van der Waals surface area contributed by atoms with Crippen LogP contribution in [-0.4, -0.2) is 64.0 Å². The number of likely N-dealkylation sites (N-methyl/N-ethyl adjacent to an activating group) is 1. The van der Waals surface area contributed by atoms with Crippen LogP contribution in [0.5, 0.6) is 0 Å². The SMILES string of the molecule is CN1CCN(Cc2cnn(-c3ccc(Cl)cc3)c2)C[C@H]1CCO. The predicted molar refractivity (Wildman–Crippen MR) is 92.0 cm³/mol. The summed E-state index contributed by atoms with van der Waals surface area (Å²) >= 11 is 5.93. The van der Waals surface area contributed by atoms with E-state index in [9.17, 15) is 5.11 Å². The maximum absolute atomic E-state index is 9.19. The van der Waals surface area contributed by atoms with Gasteiger partial charge in [-0.25, -0.2) is 4.68 Å². The quantitative estimate of drug-likeness (QED) is 0.908. The molecule has 0 saturated carbocycles. The van der Waals surface area contributed by atoms with E-state index in [2.05, 4.69) is 28.1 Å². The number of piperazine rings is 1. The first kappa shape index (κ1) is 16.5. The van der Waals surface area contributed by atoms with Crippen molar-refractivity contribution in [1.29, 1.82) is 0 Å². The molecule has 0 amide bonds. The van der Waals surface area contributed by atoms with Crippen LogP contribution in [0.3, 0.4) is 0 Å². The van der Waals surface area contributed by atoms with Crippen molar-refractivity contribution in [2.75, 3.05) is 33.3 Å². The fourth-order valence-corrected chi connectivity index (χ4v) is 3.18. The Bertz CT molecular complexity index is 628. The highest BCUT2D eigenvalue weighted by atomic mass is 35.5. The number of aliphatic hydroxyl groups is 1. The molecule has 6 heteroatoms. The zero-order valence-corrected chi connectivity index (χ0v) is 14.2. The van der Waals surface area contributed by atoms with Gasteiger partial charge in [0.25, 0.3) is 0 Å². The molecule has 0 bridgehead atoms. The van der Waals surface area contributed by atoms with Gasteiger partial charge in [0.05, 0.1) is 11.9 Å². The highest BCUT2D eigenvalue weighted by Crippen LogP contribution is 2.16. The van der Waals surface area contributed by atoms with Gasteiger partial charge in [0.15, 0.2) is 0 Å². The Labute approximate surface area is 142 Å². The number of aromatic nitrogens is 2. The fraction of sp³-hybridized carbons (Fsp3) is 0.471. The highest BCUT2D eigenvalue weighted by molar-refractivity contribution is 6.30. The van der Waals surface area contributed by atoms with Gasteiger partial charge >= 0.3 is 0 Å². The topological polar surface area (TPSA) is 44.5 Å². The lowest BCUT2D eigenvalue weighted by molar-refractivity contribution is 0.0743. The molecule has 0 aliphatic carbocycles. The van der Waals surface area contributed by atoms with E-state index in [1.54, 1.807) is 0 Å². The second kappa shape index (κ2) is 7.45. The zero-order chi connectivity index (χ0) is 16.2. The van der Waals surface area contributed by atoms with E-state index in [4.69, 9.17) is 11.6 Å². The van der Waals surface area contributed by atoms with E-state index in [-0.39, 0.29) is 6.61 Å². The number of hydrogen-bond acceptors (Lipinski definition) is 4. The molecule has 1 N–H and O–H groups in total. The monoisotopic (exact) mass is 334 g/mol. The van der Waals surface area contributed by atoms with Gasteiger partial charge in [-0.1, -0.05) is 11.6 Å². The van der Waals surface area contributed by atoms with Crippen LogP contribution in [0.2, 0.25) is 5.02 Å². The number of rotatable bonds is 5. The summed E-state index contributed by atoms with van der Waals surface area (Å²) in [6, 6.07) is 8.11. The Morgan fingerprint density at radius 3 is 2.78 bits per heavy atom. The Morgan fingerprint density at radius 1 is 1.26 bits per heavy atom. The third-order valence-electron chi connectivity index (χ3n) is 4.46. The van der Waals surface area contributed by atoms with E-state index in [0.717, 1.165) is 43.3 Å². The summed E-state index contributed by atoms with van der Waals surface area (Å²) < 4.78 is 1.88. The van der Waals surface area contributed by atoms with Crippen molar-refractivity contribution < 1.29 is 5.11 Å². The van der Waals surface area contributed by atoms with Crippen LogP contribution in [0, 0.1) is 0 Å². The van der Waals surface area contributed by atoms with Gasteiger partial charge in [0, 0.05) is 55.6 Å². The Hall–Kier alpha value is -1.40. The van der Waals surface area contributed by atoms with Gasteiger partial charge in [-0.05, 0) is 37.7 Å². The molecule has 1 saturated heterocycles. The molecular formula is C17H23ClN4O. The first-order chi connectivity index (χ1) is 11.2. The van der Waals surface area contributed by atoms with Crippen molar-refractivity contribution in [3.8, 4) is 5.69 Å². The molecule has 1 atom stereocenters. The Morgan fingerprint density at radius 2 is 2.04 bits per heavy atom. The number of hydrogen-bond donors (Lipinski definition) is 1. The first-order valence-corrected chi connectivity index (χ1v) is 8.36. The van der Waals surface area contributed by atoms with Gasteiger partial charge in [-0.15, -0.1) is 0 Å². The lowest BCUT2D eigenvalue weighted by Crippen LogP contribution is -2.51. The number of nitrogens with zero attached hydrogens (tertiary/aromatic N) is 4. The summed E-state index contributed by atoms with van der Waals surface area (Å²) in [5.74, 6) is 0. The van der Waals surface area contributed by atoms with Gasteiger partial charge < -0.3 is 10.0 Å². The van der Waals surface area contributed by atoms with Crippen LogP contribution < -0.4 is 0 Å². The minimum Gasteiger partial charge on any atom is -0.396 e. The van der Waals surface area contributed by atoms with Gasteiger partial charge in [0.1, 0.15) is 0 Å². The van der Waals surface area contributed by atoms with Crippen LogP contribution in [0.1, 0.15) is 12.0 Å². The molecule has 3 rings (SSSR count). The smallest absolute Gasteiger partial charge is 0.0646 e. The standard InChI is InChI=1S/C17H23ClN4O/c1-20-7-8-21(13-17(20)6-9-23)11-14-10-19-22(12-14)16-4-2-15(18)3-5-16/h2-5,10,12,17,23H,6-9,11,13H2,1H3/t17-/m1/s1. The highest BCUT2D eigenvalue weighted by Gasteiger charge is 2.23. The number of halogens is 1. The predicted octanol–water partition coefficient (Wildman–Crippen LogP) is 2.02. The molecule has 0 spiro atoms. The normalized spacial score (nSPS) is 20.0. The second-order valence-corrected chi connectivity index (χ2v) is 6.59. The second-order valence-electron chi connectivity index (χ2n) is 6.15. The molecule has 1 aliphatic rings. The average Bonchev–Trinajstić information content (AvgIpc) is 3.00. The Balaban J connectivity index is 1.63. The fourth-order valence-electron chi connectivity index (χ4n) is 3.05. The maximum Gasteiger partial charge on any atom is 0.0646 e. The molecule has 2 heterocycles. The van der Waals surface area contributed by atoms with Crippen molar-refractivity contribution in [2.45, 2.75) is 19.0 Å². The zero-order valence-electron chi connectivity index (χ0n) is 13.4. The lowest BCUT2D eigenvalue weighted by Gasteiger charge is -2.39. The van der Waals surface area contributed by atoms with Crippen molar-refractivity contribution in [1.82, 2.24) is 19.6 Å². The Kier molecular flexibility index (Phi) is 5.33. The molecule has 5 nitrogen and oxygen atoms in total. The number of aliphatic hydroxyl groups excluding tert-OH is 1. The minimum atomic E-state index is 0.247. The molecule has 1 aromatic carbocycles. The summed E-state index contributed by atoms with van der Waals surface area (Å²) in [6.45, 7) is 4.21. The molecule has 0 radical (unpaired) electrons. The van der Waals surface area contributed by atoms with Crippen molar-refractivity contribution >= 4 is 11.6 Å². The minimum absolute atomic E-state index is 0.247. The van der Waals surface area contributed by atoms with Crippen LogP contribution >= 0.6 is 11.6 Å². The summed E-state index contributed by atoms with van der Waals surface area (Å²) in [5, 5.41) is 14.4. The van der Waals surface area contributed by atoms with E-state index < -0.39 is 0 Å². The molecule has 0 unspecified atom stereocenters.